The Hall–Kier alpha value is -2.64. The van der Waals surface area contributed by atoms with E-state index >= 15 is 0 Å². The van der Waals surface area contributed by atoms with Crippen molar-refractivity contribution >= 4 is 11.7 Å². The van der Waals surface area contributed by atoms with Gasteiger partial charge in [-0.05, 0) is 48.9 Å². The third kappa shape index (κ3) is 9.81. The first-order valence-corrected chi connectivity index (χ1v) is 9.45. The predicted molar refractivity (Wildman–Crippen MR) is 113 cm³/mol. The summed E-state index contributed by atoms with van der Waals surface area (Å²) in [6.07, 6.45) is -0.173. The second kappa shape index (κ2) is 14.4. The number of aliphatic hydroxyl groups is 1. The minimum absolute atomic E-state index is 0. The molecule has 0 amide bonds. The Labute approximate surface area is 204 Å². The number of carboxylic acid groups (broad SMARTS) is 1. The van der Waals surface area contributed by atoms with Crippen molar-refractivity contribution in [3.8, 4) is 17.2 Å². The van der Waals surface area contributed by atoms with E-state index in [-0.39, 0.29) is 49.2 Å². The summed E-state index contributed by atoms with van der Waals surface area (Å²) in [5.41, 5.74) is 1.57. The first kappa shape index (κ1) is 26.4. The van der Waals surface area contributed by atoms with Gasteiger partial charge in [0.2, 0.25) is 0 Å². The quantitative estimate of drug-likeness (QED) is 0.394. The number of aliphatic carboxylic acids is 1. The molecule has 0 aliphatic rings. The minimum atomic E-state index is -1.14. The maximum atomic E-state index is 10.7. The van der Waals surface area contributed by atoms with Gasteiger partial charge in [-0.2, -0.15) is 0 Å². The average molecular weight is 429 g/mol. The summed E-state index contributed by atoms with van der Waals surface area (Å²) in [7, 11) is 0. The average Bonchev–Trinajstić information content (AvgIpc) is 2.73. The summed E-state index contributed by atoms with van der Waals surface area (Å²) in [5, 5.41) is 26.5. The van der Waals surface area contributed by atoms with E-state index in [2.05, 4.69) is 0 Å². The van der Waals surface area contributed by atoms with Gasteiger partial charge in [-0.15, -0.1) is 0 Å². The molecule has 2 N–H and O–H groups in total. The standard InChI is InChI=1S/C22H19NO4.C2H6O.Na/c23-21(15-26-19-10-4-6-16(12-19)13-22(24)25)17-7-5-11-20(14-17)27-18-8-2-1-3-9-18;1-2-3;/h1-12,14,23H,13,15H2,(H,24,25);3H,2H2,1H3;/q;;+1/p-1. The monoisotopic (exact) mass is 429 g/mol. The third-order valence-electron chi connectivity index (χ3n) is 3.79. The van der Waals surface area contributed by atoms with Crippen LogP contribution in [-0.4, -0.2) is 30.0 Å². The van der Waals surface area contributed by atoms with Crippen molar-refractivity contribution in [1.29, 1.82) is 5.41 Å². The molecule has 0 radical (unpaired) electrons. The smallest absolute Gasteiger partial charge is 0.550 e. The summed E-state index contributed by atoms with van der Waals surface area (Å²) in [6.45, 7) is 1.99. The van der Waals surface area contributed by atoms with Crippen molar-refractivity contribution in [2.45, 2.75) is 13.3 Å². The Bertz CT molecular complexity index is 963. The number of rotatable bonds is 8. The van der Waals surface area contributed by atoms with E-state index < -0.39 is 5.97 Å². The summed E-state index contributed by atoms with van der Waals surface area (Å²) in [6, 6.07) is 23.4. The van der Waals surface area contributed by atoms with Crippen LogP contribution in [0.4, 0.5) is 0 Å². The number of aliphatic hydroxyl groups excluding tert-OH is 1. The van der Waals surface area contributed by atoms with Crippen LogP contribution >= 0.6 is 0 Å². The zero-order chi connectivity index (χ0) is 21.8. The summed E-state index contributed by atoms with van der Waals surface area (Å²) in [5.74, 6) is 0.729. The molecule has 0 aromatic heterocycles. The van der Waals surface area contributed by atoms with Crippen molar-refractivity contribution in [2.24, 2.45) is 0 Å². The predicted octanol–water partition coefficient (Wildman–Crippen LogP) is 0.221. The van der Waals surface area contributed by atoms with Crippen molar-refractivity contribution in [3.63, 3.8) is 0 Å². The van der Waals surface area contributed by atoms with Crippen LogP contribution in [-0.2, 0) is 11.2 Å². The molecule has 156 valence electrons. The third-order valence-corrected chi connectivity index (χ3v) is 3.79. The molecule has 0 atom stereocenters. The van der Waals surface area contributed by atoms with Gasteiger partial charge < -0.3 is 29.9 Å². The van der Waals surface area contributed by atoms with Gasteiger partial charge in [0.25, 0.3) is 0 Å². The van der Waals surface area contributed by atoms with E-state index in [9.17, 15) is 9.90 Å². The molecule has 31 heavy (non-hydrogen) atoms. The largest absolute Gasteiger partial charge is 1.00 e. The minimum Gasteiger partial charge on any atom is -0.550 e. The van der Waals surface area contributed by atoms with Gasteiger partial charge in [0.05, 0.1) is 5.71 Å². The number of para-hydroxylation sites is 1. The van der Waals surface area contributed by atoms with Gasteiger partial charge in [-0.25, -0.2) is 0 Å². The normalized spacial score (nSPS) is 9.48. The first-order chi connectivity index (χ1) is 14.5. The molecule has 3 aromatic rings. The van der Waals surface area contributed by atoms with Crippen LogP contribution in [0.3, 0.4) is 0 Å². The Morgan fingerprint density at radius 3 is 2.23 bits per heavy atom. The molecule has 0 heterocycles. The summed E-state index contributed by atoms with van der Waals surface area (Å²) >= 11 is 0. The number of nitrogens with one attached hydrogen (secondary N) is 1. The maximum Gasteiger partial charge on any atom is 1.00 e. The number of carbonyl (C=O) groups is 1. The van der Waals surface area contributed by atoms with Crippen LogP contribution in [0.5, 0.6) is 17.2 Å². The van der Waals surface area contributed by atoms with Gasteiger partial charge in [-0.1, -0.05) is 42.5 Å². The number of ether oxygens (including phenoxy) is 2. The fourth-order valence-electron chi connectivity index (χ4n) is 2.52. The van der Waals surface area contributed by atoms with E-state index in [0.29, 0.717) is 28.3 Å². The zero-order valence-electron chi connectivity index (χ0n) is 17.7. The number of carbonyl (C=O) groups excluding carboxylic acids is 1. The molecule has 0 aliphatic heterocycles. The van der Waals surface area contributed by atoms with Crippen molar-refractivity contribution in [2.75, 3.05) is 13.2 Å². The molecule has 0 saturated heterocycles. The molecular formula is C24H24NNaO5. The van der Waals surface area contributed by atoms with Crippen LogP contribution in [0.2, 0.25) is 0 Å². The van der Waals surface area contributed by atoms with Gasteiger partial charge >= 0.3 is 29.6 Å². The SMILES string of the molecule is CCO.N=C(COc1cccc(CC(=O)[O-])c1)c1cccc(Oc2ccccc2)c1.[Na+]. The van der Waals surface area contributed by atoms with E-state index in [4.69, 9.17) is 20.0 Å². The number of hydrogen-bond acceptors (Lipinski definition) is 6. The van der Waals surface area contributed by atoms with Crippen molar-refractivity contribution in [1.82, 2.24) is 0 Å². The molecular weight excluding hydrogens is 405 g/mol. The molecule has 3 rings (SSSR count). The van der Waals surface area contributed by atoms with Crippen LogP contribution in [0.15, 0.2) is 78.9 Å². The van der Waals surface area contributed by atoms with Gasteiger partial charge in [0, 0.05) is 24.6 Å². The van der Waals surface area contributed by atoms with Crippen LogP contribution in [0.1, 0.15) is 18.1 Å². The topological polar surface area (TPSA) is 103 Å². The fourth-order valence-corrected chi connectivity index (χ4v) is 2.52. The van der Waals surface area contributed by atoms with Crippen LogP contribution in [0, 0.1) is 5.41 Å². The fraction of sp³-hybridized carbons (Fsp3) is 0.167. The van der Waals surface area contributed by atoms with Crippen LogP contribution in [0.25, 0.3) is 0 Å². The van der Waals surface area contributed by atoms with Gasteiger partial charge in [0.1, 0.15) is 23.9 Å². The molecule has 7 heteroatoms. The first-order valence-electron chi connectivity index (χ1n) is 9.45. The zero-order valence-corrected chi connectivity index (χ0v) is 19.7. The number of benzene rings is 3. The Morgan fingerprint density at radius 1 is 0.935 bits per heavy atom. The summed E-state index contributed by atoms with van der Waals surface area (Å²) in [4.78, 5) is 10.7. The summed E-state index contributed by atoms with van der Waals surface area (Å²) < 4.78 is 11.4. The maximum absolute atomic E-state index is 10.7. The molecule has 0 spiro atoms. The second-order valence-electron chi connectivity index (χ2n) is 6.22. The van der Waals surface area contributed by atoms with E-state index in [0.717, 1.165) is 5.75 Å². The van der Waals surface area contributed by atoms with E-state index in [1.165, 1.54) is 0 Å². The molecule has 0 unspecified atom stereocenters. The van der Waals surface area contributed by atoms with Crippen molar-refractivity contribution in [3.05, 3.63) is 90.0 Å². The molecule has 3 aromatic carbocycles. The van der Waals surface area contributed by atoms with E-state index in [1.807, 2.05) is 48.5 Å². The molecule has 0 aliphatic carbocycles. The Balaban J connectivity index is 0.00000113. The van der Waals surface area contributed by atoms with Gasteiger partial charge in [0.15, 0.2) is 0 Å². The molecule has 0 saturated carbocycles. The number of hydrogen-bond donors (Lipinski definition) is 2. The van der Waals surface area contributed by atoms with Crippen molar-refractivity contribution < 1.29 is 54.0 Å². The second-order valence-corrected chi connectivity index (χ2v) is 6.22. The molecule has 6 nitrogen and oxygen atoms in total. The molecule has 0 bridgehead atoms. The molecule has 0 fully saturated rings. The van der Waals surface area contributed by atoms with Crippen LogP contribution < -0.4 is 44.1 Å². The van der Waals surface area contributed by atoms with E-state index in [1.54, 1.807) is 37.3 Å². The number of carboxylic acids is 1. The Kier molecular flexibility index (Phi) is 12.2. The Morgan fingerprint density at radius 2 is 1.55 bits per heavy atom. The van der Waals surface area contributed by atoms with Gasteiger partial charge in [-0.3, -0.25) is 0 Å².